The Balaban J connectivity index is 2.55. The second-order valence-electron chi connectivity index (χ2n) is 5.35. The zero-order valence-electron chi connectivity index (χ0n) is 10.7. The fraction of sp³-hybridized carbons (Fsp3) is 1.00. The quantitative estimate of drug-likeness (QED) is 0.779. The first kappa shape index (κ1) is 14.0. The predicted molar refractivity (Wildman–Crippen MR) is 68.3 cm³/mol. The average Bonchev–Trinajstić information content (AvgIpc) is 2.52. The van der Waals surface area contributed by atoms with E-state index in [1.165, 1.54) is 0 Å². The average molecular weight is 247 g/mol. The van der Waals surface area contributed by atoms with Crippen LogP contribution in [0.2, 0.25) is 0 Å². The van der Waals surface area contributed by atoms with Crippen LogP contribution in [0.25, 0.3) is 0 Å². The second kappa shape index (κ2) is 6.01. The zero-order valence-corrected chi connectivity index (χ0v) is 11.5. The third-order valence-electron chi connectivity index (χ3n) is 3.22. The molecule has 1 fully saturated rings. The van der Waals surface area contributed by atoms with Gasteiger partial charge in [-0.3, -0.25) is 0 Å². The Morgan fingerprint density at radius 1 is 1.38 bits per heavy atom. The van der Waals surface area contributed by atoms with Crippen molar-refractivity contribution in [2.45, 2.75) is 46.1 Å². The van der Waals surface area contributed by atoms with E-state index >= 15 is 0 Å². The molecule has 1 N–H and O–H groups in total. The van der Waals surface area contributed by atoms with Gasteiger partial charge in [-0.1, -0.05) is 20.8 Å². The molecular weight excluding hydrogens is 222 g/mol. The summed E-state index contributed by atoms with van der Waals surface area (Å²) >= 11 is 0. The van der Waals surface area contributed by atoms with Crippen LogP contribution in [0.4, 0.5) is 0 Å². The summed E-state index contributed by atoms with van der Waals surface area (Å²) in [7, 11) is -2.74. The van der Waals surface area contributed by atoms with E-state index in [1.54, 1.807) is 0 Å². The van der Waals surface area contributed by atoms with Crippen molar-refractivity contribution >= 4 is 9.84 Å². The van der Waals surface area contributed by atoms with Crippen LogP contribution in [-0.2, 0) is 9.84 Å². The van der Waals surface area contributed by atoms with Crippen molar-refractivity contribution in [2.75, 3.05) is 18.1 Å². The van der Waals surface area contributed by atoms with Gasteiger partial charge in [0.1, 0.15) is 0 Å². The lowest BCUT2D eigenvalue weighted by Crippen LogP contribution is -2.38. The molecule has 0 saturated carbocycles. The highest BCUT2D eigenvalue weighted by atomic mass is 32.2. The molecular formula is C12H25NO2S. The van der Waals surface area contributed by atoms with Crippen molar-refractivity contribution in [1.29, 1.82) is 0 Å². The summed E-state index contributed by atoms with van der Waals surface area (Å²) in [6.45, 7) is 7.53. The van der Waals surface area contributed by atoms with Gasteiger partial charge in [0.2, 0.25) is 0 Å². The molecule has 0 aliphatic carbocycles. The topological polar surface area (TPSA) is 46.2 Å². The Hall–Kier alpha value is -0.0900. The van der Waals surface area contributed by atoms with Gasteiger partial charge < -0.3 is 5.32 Å². The Kier molecular flexibility index (Phi) is 5.25. The molecule has 2 unspecified atom stereocenters. The Morgan fingerprint density at radius 2 is 2.06 bits per heavy atom. The minimum atomic E-state index is -2.74. The van der Waals surface area contributed by atoms with Crippen molar-refractivity contribution in [3.05, 3.63) is 0 Å². The van der Waals surface area contributed by atoms with Crippen LogP contribution < -0.4 is 5.32 Å². The van der Waals surface area contributed by atoms with Gasteiger partial charge in [0.15, 0.2) is 9.84 Å². The zero-order chi connectivity index (χ0) is 12.2. The molecule has 4 heteroatoms. The van der Waals surface area contributed by atoms with Gasteiger partial charge in [-0.25, -0.2) is 8.42 Å². The lowest BCUT2D eigenvalue weighted by atomic mass is 9.91. The van der Waals surface area contributed by atoms with Crippen molar-refractivity contribution in [2.24, 2.45) is 11.8 Å². The van der Waals surface area contributed by atoms with Gasteiger partial charge in [0.25, 0.3) is 0 Å². The van der Waals surface area contributed by atoms with Crippen LogP contribution in [-0.4, -0.2) is 32.5 Å². The number of nitrogens with one attached hydrogen (secondary N) is 1. The van der Waals surface area contributed by atoms with Crippen molar-refractivity contribution in [3.63, 3.8) is 0 Å². The first-order valence-corrected chi connectivity index (χ1v) is 8.20. The third-order valence-corrected chi connectivity index (χ3v) is 5.01. The maximum atomic E-state index is 11.5. The molecule has 0 bridgehead atoms. The molecule has 3 nitrogen and oxygen atoms in total. The highest BCUT2D eigenvalue weighted by molar-refractivity contribution is 7.91. The van der Waals surface area contributed by atoms with Crippen LogP contribution in [0, 0.1) is 11.8 Å². The smallest absolute Gasteiger partial charge is 0.150 e. The minimum Gasteiger partial charge on any atom is -0.314 e. The number of hydrogen-bond acceptors (Lipinski definition) is 3. The van der Waals surface area contributed by atoms with Crippen molar-refractivity contribution in [3.8, 4) is 0 Å². The molecule has 1 heterocycles. The molecule has 0 aromatic carbocycles. The summed E-state index contributed by atoms with van der Waals surface area (Å²) in [4.78, 5) is 0. The molecule has 0 radical (unpaired) electrons. The number of sulfone groups is 1. The van der Waals surface area contributed by atoms with Gasteiger partial charge in [-0.05, 0) is 37.6 Å². The summed E-state index contributed by atoms with van der Waals surface area (Å²) in [5.74, 6) is 1.73. The largest absolute Gasteiger partial charge is 0.314 e. The van der Waals surface area contributed by atoms with E-state index in [0.29, 0.717) is 29.4 Å². The van der Waals surface area contributed by atoms with E-state index in [2.05, 4.69) is 26.1 Å². The first-order chi connectivity index (χ1) is 7.44. The van der Waals surface area contributed by atoms with E-state index in [-0.39, 0.29) is 0 Å². The fourth-order valence-electron chi connectivity index (χ4n) is 2.42. The molecule has 1 saturated heterocycles. The summed E-state index contributed by atoms with van der Waals surface area (Å²) in [6.07, 6.45) is 3.03. The van der Waals surface area contributed by atoms with E-state index in [9.17, 15) is 8.42 Å². The van der Waals surface area contributed by atoms with E-state index < -0.39 is 9.84 Å². The number of hydrogen-bond donors (Lipinski definition) is 1. The Labute approximate surface area is 99.9 Å². The molecule has 1 aliphatic heterocycles. The van der Waals surface area contributed by atoms with Crippen LogP contribution in [0.1, 0.15) is 40.0 Å². The van der Waals surface area contributed by atoms with E-state index in [4.69, 9.17) is 0 Å². The summed E-state index contributed by atoms with van der Waals surface area (Å²) in [5.41, 5.74) is 0. The highest BCUT2D eigenvalue weighted by Crippen LogP contribution is 2.25. The molecule has 0 spiro atoms. The Morgan fingerprint density at radius 3 is 2.50 bits per heavy atom. The first-order valence-electron chi connectivity index (χ1n) is 6.38. The molecule has 0 amide bonds. The molecule has 0 aromatic heterocycles. The van der Waals surface area contributed by atoms with Crippen LogP contribution in [0.5, 0.6) is 0 Å². The van der Waals surface area contributed by atoms with Crippen molar-refractivity contribution < 1.29 is 8.42 Å². The van der Waals surface area contributed by atoms with Gasteiger partial charge in [0, 0.05) is 6.04 Å². The SMILES string of the molecule is CCCNC(CC(C)C)C1CCS(=O)(=O)C1. The summed E-state index contributed by atoms with van der Waals surface area (Å²) in [6, 6.07) is 0.386. The van der Waals surface area contributed by atoms with Crippen LogP contribution in [0.3, 0.4) is 0 Å². The maximum Gasteiger partial charge on any atom is 0.150 e. The second-order valence-corrected chi connectivity index (χ2v) is 7.58. The van der Waals surface area contributed by atoms with E-state index in [0.717, 1.165) is 25.8 Å². The summed E-state index contributed by atoms with van der Waals surface area (Å²) in [5, 5.41) is 3.52. The van der Waals surface area contributed by atoms with Crippen LogP contribution >= 0.6 is 0 Å². The molecule has 1 rings (SSSR count). The predicted octanol–water partition coefficient (Wildman–Crippen LogP) is 1.84. The molecule has 16 heavy (non-hydrogen) atoms. The maximum absolute atomic E-state index is 11.5. The van der Waals surface area contributed by atoms with Gasteiger partial charge >= 0.3 is 0 Å². The van der Waals surface area contributed by atoms with E-state index in [1.807, 2.05) is 0 Å². The third kappa shape index (κ3) is 4.42. The summed E-state index contributed by atoms with van der Waals surface area (Å²) < 4.78 is 23.0. The normalized spacial score (nSPS) is 26.1. The highest BCUT2D eigenvalue weighted by Gasteiger charge is 2.33. The molecule has 1 aliphatic rings. The lowest BCUT2D eigenvalue weighted by molar-refractivity contribution is 0.327. The number of rotatable bonds is 6. The monoisotopic (exact) mass is 247 g/mol. The van der Waals surface area contributed by atoms with Crippen LogP contribution in [0.15, 0.2) is 0 Å². The molecule has 96 valence electrons. The Bertz CT molecular complexity index is 298. The molecule has 0 aromatic rings. The standard InChI is InChI=1S/C12H25NO2S/c1-4-6-13-12(8-10(2)3)11-5-7-16(14,15)9-11/h10-13H,4-9H2,1-3H3. The lowest BCUT2D eigenvalue weighted by Gasteiger charge is -2.25. The van der Waals surface area contributed by atoms with Gasteiger partial charge in [-0.15, -0.1) is 0 Å². The van der Waals surface area contributed by atoms with Gasteiger partial charge in [-0.2, -0.15) is 0 Å². The van der Waals surface area contributed by atoms with Crippen molar-refractivity contribution in [1.82, 2.24) is 5.32 Å². The molecule has 2 atom stereocenters. The van der Waals surface area contributed by atoms with Gasteiger partial charge in [0.05, 0.1) is 11.5 Å². The fourth-order valence-corrected chi connectivity index (χ4v) is 4.30. The minimum absolute atomic E-state index is 0.332.